The number of rotatable bonds is 4. The molecule has 0 radical (unpaired) electrons. The van der Waals surface area contributed by atoms with Crippen LogP contribution in [0.2, 0.25) is 0 Å². The van der Waals surface area contributed by atoms with E-state index in [1.54, 1.807) is 24.3 Å². The van der Waals surface area contributed by atoms with Gasteiger partial charge >= 0.3 is 6.18 Å². The molecule has 1 aromatic rings. The number of halogens is 3. The van der Waals surface area contributed by atoms with Crippen LogP contribution in [0.15, 0.2) is 24.3 Å². The van der Waals surface area contributed by atoms with Crippen LogP contribution in [-0.2, 0) is 0 Å². The van der Waals surface area contributed by atoms with Gasteiger partial charge in [0.05, 0.1) is 6.10 Å². The number of hydrogen-bond acceptors (Lipinski definition) is 2. The fourth-order valence-corrected chi connectivity index (χ4v) is 2.60. The Kier molecular flexibility index (Phi) is 4.04. The van der Waals surface area contributed by atoms with Crippen LogP contribution in [0.25, 0.3) is 0 Å². The first-order valence-electron chi connectivity index (χ1n) is 6.38. The van der Waals surface area contributed by atoms with E-state index in [0.717, 1.165) is 18.4 Å². The maximum atomic E-state index is 12.0. The van der Waals surface area contributed by atoms with Gasteiger partial charge in [0.25, 0.3) is 0 Å². The molecule has 0 spiro atoms. The third kappa shape index (κ3) is 3.41. The molecule has 3 unspecified atom stereocenters. The molecule has 1 N–H and O–H groups in total. The second kappa shape index (κ2) is 5.41. The third-order valence-electron chi connectivity index (χ3n) is 3.69. The van der Waals surface area contributed by atoms with Gasteiger partial charge < -0.3 is 9.84 Å². The number of ether oxygens (including phenoxy) is 1. The van der Waals surface area contributed by atoms with Crippen LogP contribution in [0, 0.1) is 5.92 Å². The van der Waals surface area contributed by atoms with Gasteiger partial charge in [0.15, 0.2) is 6.61 Å². The molecule has 0 amide bonds. The van der Waals surface area contributed by atoms with E-state index in [-0.39, 0.29) is 17.8 Å². The minimum absolute atomic E-state index is 0.217. The van der Waals surface area contributed by atoms with Crippen LogP contribution < -0.4 is 4.74 Å². The van der Waals surface area contributed by atoms with Crippen LogP contribution in [0.5, 0.6) is 5.75 Å². The highest BCUT2D eigenvalue weighted by atomic mass is 19.4. The van der Waals surface area contributed by atoms with E-state index in [1.807, 2.05) is 6.92 Å². The van der Waals surface area contributed by atoms with Crippen LogP contribution in [-0.4, -0.2) is 24.0 Å². The first kappa shape index (κ1) is 14.2. The molecule has 2 rings (SSSR count). The van der Waals surface area contributed by atoms with Crippen molar-refractivity contribution in [1.82, 2.24) is 0 Å². The molecular weight excluding hydrogens is 257 g/mol. The van der Waals surface area contributed by atoms with Gasteiger partial charge in [0.1, 0.15) is 5.75 Å². The number of hydrogen-bond donors (Lipinski definition) is 1. The van der Waals surface area contributed by atoms with Gasteiger partial charge in [0.2, 0.25) is 0 Å². The first-order chi connectivity index (χ1) is 8.90. The monoisotopic (exact) mass is 274 g/mol. The van der Waals surface area contributed by atoms with Crippen molar-refractivity contribution < 1.29 is 23.0 Å². The second-order valence-corrected chi connectivity index (χ2v) is 4.95. The Hall–Kier alpha value is -1.23. The number of aliphatic hydroxyl groups is 1. The molecule has 1 aliphatic carbocycles. The summed E-state index contributed by atoms with van der Waals surface area (Å²) in [6.45, 7) is 0.757. The van der Waals surface area contributed by atoms with Crippen LogP contribution in [0.4, 0.5) is 13.2 Å². The van der Waals surface area contributed by atoms with Gasteiger partial charge in [-0.3, -0.25) is 0 Å². The number of aliphatic hydroxyl groups excluding tert-OH is 1. The molecule has 0 aromatic heterocycles. The van der Waals surface area contributed by atoms with E-state index >= 15 is 0 Å². The summed E-state index contributed by atoms with van der Waals surface area (Å²) in [5.41, 5.74) is 1.05. The van der Waals surface area contributed by atoms with Gasteiger partial charge in [0, 0.05) is 0 Å². The highest BCUT2D eigenvalue weighted by molar-refractivity contribution is 5.31. The Balaban J connectivity index is 1.95. The van der Waals surface area contributed by atoms with Gasteiger partial charge in [-0.05, 0) is 36.0 Å². The van der Waals surface area contributed by atoms with E-state index in [0.29, 0.717) is 5.92 Å². The van der Waals surface area contributed by atoms with E-state index in [4.69, 9.17) is 0 Å². The average Bonchev–Trinajstić information content (AvgIpc) is 2.34. The number of benzene rings is 1. The molecule has 0 bridgehead atoms. The molecule has 0 heterocycles. The summed E-state index contributed by atoms with van der Waals surface area (Å²) in [6, 6.07) is 6.67. The highest BCUT2D eigenvalue weighted by Crippen LogP contribution is 2.44. The predicted octanol–water partition coefficient (Wildman–Crippen LogP) is 3.50. The van der Waals surface area contributed by atoms with Crippen molar-refractivity contribution in [2.45, 2.75) is 38.0 Å². The maximum Gasteiger partial charge on any atom is 0.422 e. The van der Waals surface area contributed by atoms with Crippen molar-refractivity contribution in [3.8, 4) is 5.75 Å². The maximum absolute atomic E-state index is 12.0. The van der Waals surface area contributed by atoms with Gasteiger partial charge in [-0.2, -0.15) is 13.2 Å². The molecule has 1 aliphatic rings. The van der Waals surface area contributed by atoms with E-state index in [1.165, 1.54) is 0 Å². The van der Waals surface area contributed by atoms with E-state index < -0.39 is 12.8 Å². The fraction of sp³-hybridized carbons (Fsp3) is 0.571. The molecule has 106 valence electrons. The van der Waals surface area contributed by atoms with Gasteiger partial charge in [-0.1, -0.05) is 25.5 Å². The van der Waals surface area contributed by atoms with Gasteiger partial charge in [-0.25, -0.2) is 0 Å². The lowest BCUT2D eigenvalue weighted by atomic mass is 9.66. The molecular formula is C14H17F3O2. The molecule has 0 saturated heterocycles. The molecule has 19 heavy (non-hydrogen) atoms. The van der Waals surface area contributed by atoms with E-state index in [9.17, 15) is 18.3 Å². The Morgan fingerprint density at radius 2 is 1.89 bits per heavy atom. The zero-order valence-electron chi connectivity index (χ0n) is 10.7. The summed E-state index contributed by atoms with van der Waals surface area (Å²) in [4.78, 5) is 0. The van der Waals surface area contributed by atoms with Crippen molar-refractivity contribution in [3.63, 3.8) is 0 Å². The molecule has 2 nitrogen and oxygen atoms in total. The highest BCUT2D eigenvalue weighted by Gasteiger charge is 2.39. The summed E-state index contributed by atoms with van der Waals surface area (Å²) in [5, 5.41) is 9.62. The zero-order chi connectivity index (χ0) is 14.0. The molecule has 5 heteroatoms. The van der Waals surface area contributed by atoms with E-state index in [2.05, 4.69) is 4.74 Å². The summed E-state index contributed by atoms with van der Waals surface area (Å²) in [7, 11) is 0. The smallest absolute Gasteiger partial charge is 0.422 e. The summed E-state index contributed by atoms with van der Waals surface area (Å²) >= 11 is 0. The Morgan fingerprint density at radius 1 is 1.26 bits per heavy atom. The Morgan fingerprint density at radius 3 is 2.37 bits per heavy atom. The Bertz CT molecular complexity index is 414. The SMILES string of the molecule is CCC1C(O)CC1c1ccc(OCC(F)(F)F)cc1. The van der Waals surface area contributed by atoms with Crippen LogP contribution in [0.1, 0.15) is 31.2 Å². The van der Waals surface area contributed by atoms with Crippen molar-refractivity contribution >= 4 is 0 Å². The largest absolute Gasteiger partial charge is 0.484 e. The van der Waals surface area contributed by atoms with Crippen LogP contribution in [0.3, 0.4) is 0 Å². The Labute approximate surface area is 110 Å². The molecule has 1 aromatic carbocycles. The lowest BCUT2D eigenvalue weighted by molar-refractivity contribution is -0.153. The predicted molar refractivity (Wildman–Crippen MR) is 65.1 cm³/mol. The quantitative estimate of drug-likeness (QED) is 0.910. The molecule has 1 saturated carbocycles. The zero-order valence-corrected chi connectivity index (χ0v) is 10.7. The second-order valence-electron chi connectivity index (χ2n) is 4.95. The summed E-state index contributed by atoms with van der Waals surface area (Å²) in [5.74, 6) is 0.771. The third-order valence-corrected chi connectivity index (χ3v) is 3.69. The molecule has 0 aliphatic heterocycles. The topological polar surface area (TPSA) is 29.5 Å². The summed E-state index contributed by atoms with van der Waals surface area (Å²) in [6.07, 6.45) is -2.94. The minimum atomic E-state index is -4.32. The molecule has 1 fully saturated rings. The van der Waals surface area contributed by atoms with Crippen LogP contribution >= 0.6 is 0 Å². The fourth-order valence-electron chi connectivity index (χ4n) is 2.60. The standard InChI is InChI=1S/C14H17F3O2/c1-2-11-12(7-13(11)18)9-3-5-10(6-4-9)19-8-14(15,16)17/h3-6,11-13,18H,2,7-8H2,1H3. The average molecular weight is 274 g/mol. The minimum Gasteiger partial charge on any atom is -0.484 e. The van der Waals surface area contributed by atoms with Crippen molar-refractivity contribution in [2.24, 2.45) is 5.92 Å². The lowest BCUT2D eigenvalue weighted by Crippen LogP contribution is -2.38. The lowest BCUT2D eigenvalue weighted by Gasteiger charge is -2.41. The number of alkyl halides is 3. The van der Waals surface area contributed by atoms with Crippen molar-refractivity contribution in [3.05, 3.63) is 29.8 Å². The molecule has 3 atom stereocenters. The van der Waals surface area contributed by atoms with Crippen molar-refractivity contribution in [2.75, 3.05) is 6.61 Å². The summed E-state index contributed by atoms with van der Waals surface area (Å²) < 4.78 is 40.7. The first-order valence-corrected chi connectivity index (χ1v) is 6.38. The normalized spacial score (nSPS) is 26.9. The van der Waals surface area contributed by atoms with Crippen molar-refractivity contribution in [1.29, 1.82) is 0 Å². The van der Waals surface area contributed by atoms with Gasteiger partial charge in [-0.15, -0.1) is 0 Å².